The third-order valence-electron chi connectivity index (χ3n) is 2.45. The zero-order valence-electron chi connectivity index (χ0n) is 9.25. The highest BCUT2D eigenvalue weighted by molar-refractivity contribution is 9.10. The van der Waals surface area contributed by atoms with Gasteiger partial charge < -0.3 is 0 Å². The van der Waals surface area contributed by atoms with E-state index in [0.29, 0.717) is 0 Å². The molecule has 2 nitrogen and oxygen atoms in total. The summed E-state index contributed by atoms with van der Waals surface area (Å²) in [4.78, 5) is 4.53. The van der Waals surface area contributed by atoms with Gasteiger partial charge in [-0.05, 0) is 42.0 Å². The summed E-state index contributed by atoms with van der Waals surface area (Å²) >= 11 is 5.18. The summed E-state index contributed by atoms with van der Waals surface area (Å²) in [5, 5.41) is 9.21. The fraction of sp³-hybridized carbons (Fsp3) is 0.545. The first-order chi connectivity index (χ1) is 7.13. The van der Waals surface area contributed by atoms with E-state index in [9.17, 15) is 5.26 Å². The number of nitrogens with zero attached hydrogens (tertiary/aromatic N) is 2. The van der Waals surface area contributed by atoms with Crippen LogP contribution < -0.4 is 0 Å². The van der Waals surface area contributed by atoms with Gasteiger partial charge in [0.2, 0.25) is 0 Å². The standard InChI is InChI=1S/C11H15BrN2S/c1-4-14(5-2)10(7-13)11-6-9(12)8(3)15-11/h6,10H,4-5H2,1-3H3. The third-order valence-corrected chi connectivity index (χ3v) is 4.63. The second-order valence-electron chi connectivity index (χ2n) is 3.31. The van der Waals surface area contributed by atoms with Gasteiger partial charge in [0.05, 0.1) is 6.07 Å². The quantitative estimate of drug-likeness (QED) is 0.843. The van der Waals surface area contributed by atoms with Crippen LogP contribution in [-0.2, 0) is 0 Å². The van der Waals surface area contributed by atoms with Gasteiger partial charge in [0, 0.05) is 14.2 Å². The Morgan fingerprint density at radius 2 is 2.13 bits per heavy atom. The third kappa shape index (κ3) is 2.81. The molecule has 1 rings (SSSR count). The van der Waals surface area contributed by atoms with Gasteiger partial charge in [-0.1, -0.05) is 13.8 Å². The summed E-state index contributed by atoms with van der Waals surface area (Å²) in [5.74, 6) is 0. The average Bonchev–Trinajstić information content (AvgIpc) is 2.55. The molecular weight excluding hydrogens is 272 g/mol. The predicted molar refractivity (Wildman–Crippen MR) is 68.0 cm³/mol. The lowest BCUT2D eigenvalue weighted by Gasteiger charge is -2.22. The summed E-state index contributed by atoms with van der Waals surface area (Å²) in [6, 6.07) is 4.34. The van der Waals surface area contributed by atoms with Crippen LogP contribution >= 0.6 is 27.3 Å². The zero-order valence-corrected chi connectivity index (χ0v) is 11.7. The van der Waals surface area contributed by atoms with Crippen LogP contribution in [0.1, 0.15) is 29.6 Å². The monoisotopic (exact) mass is 286 g/mol. The van der Waals surface area contributed by atoms with Crippen molar-refractivity contribution in [3.63, 3.8) is 0 Å². The van der Waals surface area contributed by atoms with Gasteiger partial charge in [0.15, 0.2) is 0 Å². The van der Waals surface area contributed by atoms with E-state index in [1.165, 1.54) is 4.88 Å². The van der Waals surface area contributed by atoms with E-state index in [-0.39, 0.29) is 6.04 Å². The molecule has 0 aliphatic carbocycles. The molecular formula is C11H15BrN2S. The van der Waals surface area contributed by atoms with Crippen LogP contribution in [0.25, 0.3) is 0 Å². The predicted octanol–water partition coefficient (Wildman–Crippen LogP) is 3.73. The normalized spacial score (nSPS) is 12.8. The van der Waals surface area contributed by atoms with Gasteiger partial charge in [-0.3, -0.25) is 4.90 Å². The maximum absolute atomic E-state index is 9.21. The Morgan fingerprint density at radius 3 is 2.47 bits per heavy atom. The zero-order chi connectivity index (χ0) is 11.4. The van der Waals surface area contributed by atoms with Crippen molar-refractivity contribution >= 4 is 27.3 Å². The fourth-order valence-corrected chi connectivity index (χ4v) is 3.17. The number of thiophene rings is 1. The molecule has 0 aromatic carbocycles. The molecule has 4 heteroatoms. The number of rotatable bonds is 4. The van der Waals surface area contributed by atoms with Gasteiger partial charge in [-0.2, -0.15) is 5.26 Å². The smallest absolute Gasteiger partial charge is 0.133 e. The minimum absolute atomic E-state index is 0.102. The van der Waals surface area contributed by atoms with Crippen LogP contribution in [0, 0.1) is 18.3 Å². The van der Waals surface area contributed by atoms with Crippen LogP contribution in [0.15, 0.2) is 10.5 Å². The molecule has 1 heterocycles. The summed E-state index contributed by atoms with van der Waals surface area (Å²) in [5.41, 5.74) is 0. The lowest BCUT2D eigenvalue weighted by Crippen LogP contribution is -2.26. The average molecular weight is 287 g/mol. The number of halogens is 1. The van der Waals surface area contributed by atoms with Crippen LogP contribution in [-0.4, -0.2) is 18.0 Å². The molecule has 82 valence electrons. The second kappa shape index (κ2) is 5.64. The van der Waals surface area contributed by atoms with Crippen LogP contribution in [0.2, 0.25) is 0 Å². The Labute approximate surface area is 104 Å². The molecule has 0 N–H and O–H groups in total. The van der Waals surface area contributed by atoms with Crippen LogP contribution in [0.3, 0.4) is 0 Å². The van der Waals surface area contributed by atoms with Gasteiger partial charge in [-0.25, -0.2) is 0 Å². The molecule has 0 bridgehead atoms. The summed E-state index contributed by atoms with van der Waals surface area (Å²) in [7, 11) is 0. The molecule has 15 heavy (non-hydrogen) atoms. The molecule has 0 saturated carbocycles. The Kier molecular flexibility index (Phi) is 4.78. The van der Waals surface area contributed by atoms with Crippen molar-refractivity contribution in [3.05, 3.63) is 20.3 Å². The van der Waals surface area contributed by atoms with Gasteiger partial charge in [0.1, 0.15) is 6.04 Å². The summed E-state index contributed by atoms with van der Waals surface area (Å²) in [6.07, 6.45) is 0. The Balaban J connectivity index is 2.97. The first-order valence-electron chi connectivity index (χ1n) is 5.03. The van der Waals surface area contributed by atoms with E-state index in [1.807, 2.05) is 0 Å². The van der Waals surface area contributed by atoms with E-state index in [4.69, 9.17) is 0 Å². The van der Waals surface area contributed by atoms with E-state index in [1.54, 1.807) is 11.3 Å². The largest absolute Gasteiger partial charge is 0.284 e. The number of nitriles is 1. The Hall–Kier alpha value is -0.370. The molecule has 1 unspecified atom stereocenters. The van der Waals surface area contributed by atoms with Gasteiger partial charge >= 0.3 is 0 Å². The van der Waals surface area contributed by atoms with Crippen LogP contribution in [0.4, 0.5) is 0 Å². The second-order valence-corrected chi connectivity index (χ2v) is 5.45. The number of aryl methyl sites for hydroxylation is 1. The van der Waals surface area contributed by atoms with E-state index >= 15 is 0 Å². The van der Waals surface area contributed by atoms with Crippen molar-refractivity contribution in [3.8, 4) is 6.07 Å². The van der Waals surface area contributed by atoms with Crippen molar-refractivity contribution < 1.29 is 0 Å². The fourth-order valence-electron chi connectivity index (χ4n) is 1.53. The summed E-state index contributed by atoms with van der Waals surface area (Å²) in [6.45, 7) is 8.05. The molecule has 0 amide bonds. The van der Waals surface area contributed by atoms with Crippen molar-refractivity contribution in [2.24, 2.45) is 0 Å². The Bertz CT molecular complexity index is 344. The van der Waals surface area contributed by atoms with Crippen molar-refractivity contribution in [1.82, 2.24) is 4.90 Å². The highest BCUT2D eigenvalue weighted by Crippen LogP contribution is 2.32. The van der Waals surface area contributed by atoms with E-state index in [2.05, 4.69) is 53.7 Å². The first-order valence-corrected chi connectivity index (χ1v) is 6.64. The summed E-state index contributed by atoms with van der Waals surface area (Å²) < 4.78 is 1.11. The molecule has 0 radical (unpaired) electrons. The van der Waals surface area contributed by atoms with Crippen LogP contribution in [0.5, 0.6) is 0 Å². The Morgan fingerprint density at radius 1 is 1.53 bits per heavy atom. The molecule has 1 aromatic heterocycles. The van der Waals surface area contributed by atoms with Crippen molar-refractivity contribution in [1.29, 1.82) is 5.26 Å². The topological polar surface area (TPSA) is 27.0 Å². The van der Waals surface area contributed by atoms with Crippen molar-refractivity contribution in [2.45, 2.75) is 26.8 Å². The molecule has 0 aliphatic heterocycles. The molecule has 0 fully saturated rings. The van der Waals surface area contributed by atoms with Crippen molar-refractivity contribution in [2.75, 3.05) is 13.1 Å². The molecule has 0 spiro atoms. The van der Waals surface area contributed by atoms with Gasteiger partial charge in [0.25, 0.3) is 0 Å². The van der Waals surface area contributed by atoms with E-state index < -0.39 is 0 Å². The maximum Gasteiger partial charge on any atom is 0.133 e. The minimum atomic E-state index is -0.102. The first kappa shape index (κ1) is 12.7. The highest BCUT2D eigenvalue weighted by atomic mass is 79.9. The molecule has 0 saturated heterocycles. The van der Waals surface area contributed by atoms with E-state index in [0.717, 1.165) is 22.4 Å². The number of hydrogen-bond donors (Lipinski definition) is 0. The SMILES string of the molecule is CCN(CC)C(C#N)c1cc(Br)c(C)s1. The molecule has 1 atom stereocenters. The highest BCUT2D eigenvalue weighted by Gasteiger charge is 2.19. The number of hydrogen-bond acceptors (Lipinski definition) is 3. The van der Waals surface area contributed by atoms with Gasteiger partial charge in [-0.15, -0.1) is 11.3 Å². The lowest BCUT2D eigenvalue weighted by atomic mass is 10.2. The maximum atomic E-state index is 9.21. The molecule has 1 aromatic rings. The lowest BCUT2D eigenvalue weighted by molar-refractivity contribution is 0.265. The minimum Gasteiger partial charge on any atom is -0.284 e. The molecule has 0 aliphatic rings.